The molecule has 0 saturated carbocycles. The minimum absolute atomic E-state index is 0.205. The van der Waals surface area contributed by atoms with Crippen LogP contribution in [0.1, 0.15) is 49.9 Å². The van der Waals surface area contributed by atoms with Gasteiger partial charge in [0.15, 0.2) is 5.82 Å². The minimum atomic E-state index is -0.215. The molecule has 0 aliphatic heterocycles. The van der Waals surface area contributed by atoms with Crippen molar-refractivity contribution in [1.82, 2.24) is 14.5 Å². The van der Waals surface area contributed by atoms with Crippen molar-refractivity contribution in [2.75, 3.05) is 0 Å². The molecule has 0 unspecified atom stereocenters. The molecule has 1 aliphatic carbocycles. The molecule has 2 aromatic heterocycles. The smallest absolute Gasteiger partial charge is 0.160 e. The van der Waals surface area contributed by atoms with E-state index in [1.807, 2.05) is 24.3 Å². The van der Waals surface area contributed by atoms with Gasteiger partial charge in [0.25, 0.3) is 0 Å². The van der Waals surface area contributed by atoms with Crippen LogP contribution in [0.15, 0.2) is 152 Å². The van der Waals surface area contributed by atoms with Crippen LogP contribution in [-0.2, 0) is 10.8 Å². The number of nitrogens with zero attached hydrogens (tertiary/aromatic N) is 3. The van der Waals surface area contributed by atoms with Crippen LogP contribution in [0.5, 0.6) is 0 Å². The summed E-state index contributed by atoms with van der Waals surface area (Å²) in [6.07, 6.45) is 0. The third kappa shape index (κ3) is 4.57. The quantitative estimate of drug-likeness (QED) is 0.193. The van der Waals surface area contributed by atoms with E-state index in [2.05, 4.69) is 160 Å². The molecule has 0 N–H and O–H groups in total. The molecule has 0 atom stereocenters. The molecule has 0 spiro atoms. The summed E-state index contributed by atoms with van der Waals surface area (Å²) in [5, 5.41) is 2.56. The first-order valence-electron chi connectivity index (χ1n) is 17.1. The summed E-state index contributed by atoms with van der Waals surface area (Å²) in [5.41, 5.74) is 13.7. The molecule has 0 saturated heterocycles. The Hall–Kier alpha value is -5.80. The van der Waals surface area contributed by atoms with Gasteiger partial charge in [-0.05, 0) is 58.7 Å². The van der Waals surface area contributed by atoms with E-state index in [1.54, 1.807) is 0 Å². The van der Waals surface area contributed by atoms with Crippen molar-refractivity contribution >= 4 is 21.8 Å². The first-order valence-corrected chi connectivity index (χ1v) is 17.1. The molecule has 2 heterocycles. The summed E-state index contributed by atoms with van der Waals surface area (Å²) in [6, 6.07) is 54.4. The van der Waals surface area contributed by atoms with Crippen LogP contribution < -0.4 is 0 Å². The minimum Gasteiger partial charge on any atom is -0.309 e. The third-order valence-electron chi connectivity index (χ3n) is 10.7. The van der Waals surface area contributed by atoms with Crippen LogP contribution in [0, 0.1) is 0 Å². The summed E-state index contributed by atoms with van der Waals surface area (Å²) >= 11 is 0. The summed E-state index contributed by atoms with van der Waals surface area (Å²) < 4.78 is 2.43. The number of rotatable bonds is 4. The molecule has 6 aromatic carbocycles. The van der Waals surface area contributed by atoms with Crippen LogP contribution in [0.2, 0.25) is 0 Å². The second-order valence-corrected chi connectivity index (χ2v) is 14.3. The Morgan fingerprint density at radius 1 is 0.408 bits per heavy atom. The Morgan fingerprint density at radius 3 is 1.51 bits per heavy atom. The van der Waals surface area contributed by atoms with Crippen LogP contribution in [-0.4, -0.2) is 14.5 Å². The largest absolute Gasteiger partial charge is 0.309 e. The Morgan fingerprint density at radius 2 is 0.898 bits per heavy atom. The Kier molecular flexibility index (Phi) is 6.51. The van der Waals surface area contributed by atoms with E-state index in [0.717, 1.165) is 33.9 Å². The molecule has 8 aromatic rings. The van der Waals surface area contributed by atoms with Crippen LogP contribution >= 0.6 is 0 Å². The SMILES string of the molecule is CC1(C)c2ccc(-n3c4ccccc4c4ccccc43)cc2C(C)(C)c2ccc(-c3cc(-c4ccccc4)nc(-c4ccccc4)n3)cc21. The van der Waals surface area contributed by atoms with Crippen molar-refractivity contribution in [3.05, 3.63) is 174 Å². The Bertz CT molecular complexity index is 2430. The van der Waals surface area contributed by atoms with Gasteiger partial charge in [0.05, 0.1) is 22.4 Å². The maximum Gasteiger partial charge on any atom is 0.160 e. The maximum atomic E-state index is 5.15. The first kappa shape index (κ1) is 29.3. The topological polar surface area (TPSA) is 30.7 Å². The van der Waals surface area contributed by atoms with Gasteiger partial charge in [-0.25, -0.2) is 9.97 Å². The van der Waals surface area contributed by atoms with Gasteiger partial charge in [-0.15, -0.1) is 0 Å². The molecule has 3 nitrogen and oxygen atoms in total. The zero-order chi connectivity index (χ0) is 33.3. The summed E-state index contributed by atoms with van der Waals surface area (Å²) in [4.78, 5) is 10.2. The number of hydrogen-bond donors (Lipinski definition) is 0. The highest BCUT2D eigenvalue weighted by Gasteiger charge is 2.42. The zero-order valence-corrected chi connectivity index (χ0v) is 28.3. The molecule has 0 fully saturated rings. The molecule has 0 amide bonds. The van der Waals surface area contributed by atoms with Gasteiger partial charge in [0.2, 0.25) is 0 Å². The first-order chi connectivity index (χ1) is 23.8. The van der Waals surface area contributed by atoms with Crippen LogP contribution in [0.4, 0.5) is 0 Å². The molecule has 0 radical (unpaired) electrons. The summed E-state index contributed by atoms with van der Waals surface area (Å²) in [5.74, 6) is 0.734. The Labute approximate surface area is 287 Å². The number of aromatic nitrogens is 3. The van der Waals surface area contributed by atoms with Gasteiger partial charge >= 0.3 is 0 Å². The lowest BCUT2D eigenvalue weighted by molar-refractivity contribution is 0.520. The fourth-order valence-electron chi connectivity index (χ4n) is 8.06. The van der Waals surface area contributed by atoms with Gasteiger partial charge in [-0.3, -0.25) is 0 Å². The van der Waals surface area contributed by atoms with Crippen LogP contribution in [0.25, 0.3) is 61.4 Å². The monoisotopic (exact) mass is 631 g/mol. The van der Waals surface area contributed by atoms with Crippen molar-refractivity contribution in [3.63, 3.8) is 0 Å². The van der Waals surface area contributed by atoms with Crippen LogP contribution in [0.3, 0.4) is 0 Å². The number of fused-ring (bicyclic) bond motifs is 5. The highest BCUT2D eigenvalue weighted by molar-refractivity contribution is 6.09. The standard InChI is InChI=1S/C46H37N3/c1-45(2)37-26-24-33(49-42-21-13-11-19-34(42)35-20-12-14-22-43(35)49)28-39(37)46(3,4)36-25-23-32(27-38(36)45)41-29-40(30-15-7-5-8-16-30)47-44(48-41)31-17-9-6-10-18-31/h5-29H,1-4H3. The third-order valence-corrected chi connectivity index (χ3v) is 10.7. The second kappa shape index (κ2) is 10.9. The van der Waals surface area contributed by atoms with Gasteiger partial charge in [0, 0.05) is 44.0 Å². The Balaban J connectivity index is 1.20. The van der Waals surface area contributed by atoms with Crippen molar-refractivity contribution < 1.29 is 0 Å². The maximum absolute atomic E-state index is 5.15. The average Bonchev–Trinajstić information content (AvgIpc) is 3.49. The molecule has 1 aliphatic rings. The second-order valence-electron chi connectivity index (χ2n) is 14.3. The van der Waals surface area contributed by atoms with E-state index >= 15 is 0 Å². The molecule has 0 bridgehead atoms. The fourth-order valence-corrected chi connectivity index (χ4v) is 8.06. The molecule has 236 valence electrons. The lowest BCUT2D eigenvalue weighted by Crippen LogP contribution is -2.36. The van der Waals surface area contributed by atoms with E-state index in [4.69, 9.17) is 9.97 Å². The lowest BCUT2D eigenvalue weighted by Gasteiger charge is -2.44. The van der Waals surface area contributed by atoms with E-state index in [0.29, 0.717) is 0 Å². The van der Waals surface area contributed by atoms with Gasteiger partial charge in [-0.1, -0.05) is 143 Å². The number of hydrogen-bond acceptors (Lipinski definition) is 2. The molecule has 9 rings (SSSR count). The van der Waals surface area contributed by atoms with Gasteiger partial charge < -0.3 is 4.57 Å². The normalized spacial score (nSPS) is 14.4. The van der Waals surface area contributed by atoms with Gasteiger partial charge in [0.1, 0.15) is 0 Å². The van der Waals surface area contributed by atoms with Crippen molar-refractivity contribution in [1.29, 1.82) is 0 Å². The number of para-hydroxylation sites is 2. The lowest BCUT2D eigenvalue weighted by atomic mass is 9.59. The average molecular weight is 632 g/mol. The van der Waals surface area contributed by atoms with Crippen molar-refractivity contribution in [3.8, 4) is 39.6 Å². The molecule has 49 heavy (non-hydrogen) atoms. The zero-order valence-electron chi connectivity index (χ0n) is 28.3. The van der Waals surface area contributed by atoms with Crippen molar-refractivity contribution in [2.24, 2.45) is 0 Å². The molecular formula is C46H37N3. The van der Waals surface area contributed by atoms with Gasteiger partial charge in [-0.2, -0.15) is 0 Å². The highest BCUT2D eigenvalue weighted by Crippen LogP contribution is 2.51. The predicted octanol–water partition coefficient (Wildman–Crippen LogP) is 11.5. The molecular weight excluding hydrogens is 595 g/mol. The van der Waals surface area contributed by atoms with E-state index in [-0.39, 0.29) is 10.8 Å². The predicted molar refractivity (Wildman–Crippen MR) is 203 cm³/mol. The van der Waals surface area contributed by atoms with E-state index < -0.39 is 0 Å². The van der Waals surface area contributed by atoms with Crippen molar-refractivity contribution in [2.45, 2.75) is 38.5 Å². The fraction of sp³-hybridized carbons (Fsp3) is 0.130. The number of benzene rings is 6. The molecule has 3 heteroatoms. The van der Waals surface area contributed by atoms with E-state index in [1.165, 1.54) is 49.7 Å². The van der Waals surface area contributed by atoms with E-state index in [9.17, 15) is 0 Å². The highest BCUT2D eigenvalue weighted by atomic mass is 15.0. The summed E-state index contributed by atoms with van der Waals surface area (Å²) in [6.45, 7) is 9.49. The summed E-state index contributed by atoms with van der Waals surface area (Å²) in [7, 11) is 0.